The van der Waals surface area contributed by atoms with E-state index in [1.807, 2.05) is 0 Å². The maximum atomic E-state index is 9.37. The predicted octanol–water partition coefficient (Wildman–Crippen LogP) is 1.33. The van der Waals surface area contributed by atoms with Crippen molar-refractivity contribution >= 4 is 0 Å². The molecule has 0 heterocycles. The standard InChI is InChI=1S/C12H28N2O/c1-5-12(6-2,11-15)10-13-8-7-9-14(3)4/h13,15H,5-11H2,1-4H3. The van der Waals surface area contributed by atoms with Gasteiger partial charge in [0.05, 0.1) is 0 Å². The third-order valence-corrected chi connectivity index (χ3v) is 3.29. The van der Waals surface area contributed by atoms with Crippen molar-refractivity contribution in [2.24, 2.45) is 5.41 Å². The van der Waals surface area contributed by atoms with Gasteiger partial charge in [0.1, 0.15) is 0 Å². The van der Waals surface area contributed by atoms with Crippen LogP contribution in [0.5, 0.6) is 0 Å². The van der Waals surface area contributed by atoms with Crippen molar-refractivity contribution in [1.82, 2.24) is 10.2 Å². The minimum atomic E-state index is 0.0954. The lowest BCUT2D eigenvalue weighted by Crippen LogP contribution is -2.37. The van der Waals surface area contributed by atoms with Gasteiger partial charge < -0.3 is 15.3 Å². The molecule has 3 heteroatoms. The quantitative estimate of drug-likeness (QED) is 0.571. The fourth-order valence-corrected chi connectivity index (χ4v) is 1.65. The monoisotopic (exact) mass is 216 g/mol. The normalized spacial score (nSPS) is 12.4. The number of aliphatic hydroxyl groups excluding tert-OH is 1. The van der Waals surface area contributed by atoms with Crippen molar-refractivity contribution in [3.8, 4) is 0 Å². The Kier molecular flexibility index (Phi) is 8.02. The van der Waals surface area contributed by atoms with Gasteiger partial charge in [-0.25, -0.2) is 0 Å². The molecule has 0 aliphatic carbocycles. The highest BCUT2D eigenvalue weighted by atomic mass is 16.3. The van der Waals surface area contributed by atoms with Crippen molar-refractivity contribution in [1.29, 1.82) is 0 Å². The summed E-state index contributed by atoms with van der Waals surface area (Å²) in [5, 5.41) is 12.8. The second-order valence-corrected chi connectivity index (χ2v) is 4.70. The van der Waals surface area contributed by atoms with E-state index in [2.05, 4.69) is 38.2 Å². The lowest BCUT2D eigenvalue weighted by molar-refractivity contribution is 0.113. The Bertz CT molecular complexity index is 136. The number of nitrogens with one attached hydrogen (secondary N) is 1. The average Bonchev–Trinajstić information content (AvgIpc) is 2.24. The largest absolute Gasteiger partial charge is 0.396 e. The van der Waals surface area contributed by atoms with Gasteiger partial charge in [0.15, 0.2) is 0 Å². The molecular weight excluding hydrogens is 188 g/mol. The Morgan fingerprint density at radius 1 is 1.20 bits per heavy atom. The van der Waals surface area contributed by atoms with Crippen LogP contribution in [0, 0.1) is 5.41 Å². The van der Waals surface area contributed by atoms with E-state index in [-0.39, 0.29) is 5.41 Å². The molecule has 0 rings (SSSR count). The lowest BCUT2D eigenvalue weighted by atomic mass is 9.83. The highest BCUT2D eigenvalue weighted by Crippen LogP contribution is 2.24. The molecular formula is C12H28N2O. The summed E-state index contributed by atoms with van der Waals surface area (Å²) < 4.78 is 0. The van der Waals surface area contributed by atoms with Gasteiger partial charge in [0.25, 0.3) is 0 Å². The van der Waals surface area contributed by atoms with Crippen LogP contribution in [-0.4, -0.2) is 50.3 Å². The Hall–Kier alpha value is -0.120. The first-order valence-corrected chi connectivity index (χ1v) is 6.06. The summed E-state index contributed by atoms with van der Waals surface area (Å²) >= 11 is 0. The smallest absolute Gasteiger partial charge is 0.0499 e. The molecule has 15 heavy (non-hydrogen) atoms. The van der Waals surface area contributed by atoms with E-state index in [9.17, 15) is 5.11 Å². The molecule has 0 aromatic heterocycles. The molecule has 0 radical (unpaired) electrons. The summed E-state index contributed by atoms with van der Waals surface area (Å²) in [6, 6.07) is 0. The minimum Gasteiger partial charge on any atom is -0.396 e. The summed E-state index contributed by atoms with van der Waals surface area (Å²) in [4.78, 5) is 2.20. The van der Waals surface area contributed by atoms with E-state index in [1.54, 1.807) is 0 Å². The van der Waals surface area contributed by atoms with Crippen molar-refractivity contribution < 1.29 is 5.11 Å². The molecule has 2 N–H and O–H groups in total. The summed E-state index contributed by atoms with van der Waals surface area (Å²) in [5.74, 6) is 0. The third kappa shape index (κ3) is 6.13. The van der Waals surface area contributed by atoms with Crippen LogP contribution in [0.4, 0.5) is 0 Å². The van der Waals surface area contributed by atoms with E-state index >= 15 is 0 Å². The molecule has 0 saturated carbocycles. The van der Waals surface area contributed by atoms with Crippen LogP contribution in [-0.2, 0) is 0 Å². The molecule has 0 aromatic carbocycles. The Balaban J connectivity index is 3.63. The van der Waals surface area contributed by atoms with Crippen molar-refractivity contribution in [2.75, 3.05) is 40.3 Å². The molecule has 0 atom stereocenters. The molecule has 3 nitrogen and oxygen atoms in total. The SMILES string of the molecule is CCC(CC)(CO)CNCCCN(C)C. The van der Waals surface area contributed by atoms with Crippen LogP contribution in [0.1, 0.15) is 33.1 Å². The van der Waals surface area contributed by atoms with Crippen LogP contribution < -0.4 is 5.32 Å². The van der Waals surface area contributed by atoms with Crippen LogP contribution in [0.15, 0.2) is 0 Å². The maximum Gasteiger partial charge on any atom is 0.0499 e. The molecule has 0 aliphatic rings. The molecule has 92 valence electrons. The van der Waals surface area contributed by atoms with Gasteiger partial charge in [-0.1, -0.05) is 13.8 Å². The highest BCUT2D eigenvalue weighted by molar-refractivity contribution is 4.78. The minimum absolute atomic E-state index is 0.0954. The number of nitrogens with zero attached hydrogens (tertiary/aromatic N) is 1. The third-order valence-electron chi connectivity index (χ3n) is 3.29. The number of rotatable bonds is 9. The van der Waals surface area contributed by atoms with Crippen LogP contribution in [0.2, 0.25) is 0 Å². The molecule has 0 spiro atoms. The number of hydrogen-bond donors (Lipinski definition) is 2. The van der Waals surface area contributed by atoms with Crippen molar-refractivity contribution in [3.05, 3.63) is 0 Å². The molecule has 0 amide bonds. The zero-order chi connectivity index (χ0) is 11.7. The highest BCUT2D eigenvalue weighted by Gasteiger charge is 2.24. The molecule has 0 aliphatic heterocycles. The molecule has 0 bridgehead atoms. The average molecular weight is 216 g/mol. The van der Waals surface area contributed by atoms with Crippen molar-refractivity contribution in [2.45, 2.75) is 33.1 Å². The van der Waals surface area contributed by atoms with E-state index in [4.69, 9.17) is 0 Å². The van der Waals surface area contributed by atoms with Gasteiger partial charge in [-0.05, 0) is 46.4 Å². The fourth-order valence-electron chi connectivity index (χ4n) is 1.65. The van der Waals surface area contributed by atoms with Gasteiger partial charge in [-0.3, -0.25) is 0 Å². The van der Waals surface area contributed by atoms with Gasteiger partial charge in [-0.2, -0.15) is 0 Å². The Morgan fingerprint density at radius 2 is 1.80 bits per heavy atom. The topological polar surface area (TPSA) is 35.5 Å². The Labute approximate surface area is 94.9 Å². The van der Waals surface area contributed by atoms with Crippen LogP contribution in [0.3, 0.4) is 0 Å². The van der Waals surface area contributed by atoms with Gasteiger partial charge in [-0.15, -0.1) is 0 Å². The second kappa shape index (κ2) is 8.08. The fraction of sp³-hybridized carbons (Fsp3) is 1.00. The number of aliphatic hydroxyl groups is 1. The predicted molar refractivity (Wildman–Crippen MR) is 66.1 cm³/mol. The first kappa shape index (κ1) is 14.9. The summed E-state index contributed by atoms with van der Waals surface area (Å²) in [6.45, 7) is 7.70. The molecule has 0 fully saturated rings. The zero-order valence-electron chi connectivity index (χ0n) is 10.8. The van der Waals surface area contributed by atoms with E-state index in [0.29, 0.717) is 6.61 Å². The summed E-state index contributed by atoms with van der Waals surface area (Å²) in [5.41, 5.74) is 0.0954. The lowest BCUT2D eigenvalue weighted by Gasteiger charge is -2.29. The van der Waals surface area contributed by atoms with E-state index < -0.39 is 0 Å². The van der Waals surface area contributed by atoms with Gasteiger partial charge >= 0.3 is 0 Å². The van der Waals surface area contributed by atoms with Crippen molar-refractivity contribution in [3.63, 3.8) is 0 Å². The van der Waals surface area contributed by atoms with E-state index in [0.717, 1.165) is 32.5 Å². The summed E-state index contributed by atoms with van der Waals surface area (Å²) in [6.07, 6.45) is 3.25. The molecule has 0 saturated heterocycles. The maximum absolute atomic E-state index is 9.37. The van der Waals surface area contributed by atoms with E-state index in [1.165, 1.54) is 6.42 Å². The first-order chi connectivity index (χ1) is 7.10. The number of hydrogen-bond acceptors (Lipinski definition) is 3. The summed E-state index contributed by atoms with van der Waals surface area (Å²) in [7, 11) is 4.19. The Morgan fingerprint density at radius 3 is 2.20 bits per heavy atom. The zero-order valence-corrected chi connectivity index (χ0v) is 10.8. The molecule has 0 unspecified atom stereocenters. The van der Waals surface area contributed by atoms with Gasteiger partial charge in [0, 0.05) is 18.6 Å². The molecule has 0 aromatic rings. The van der Waals surface area contributed by atoms with Gasteiger partial charge in [0.2, 0.25) is 0 Å². The second-order valence-electron chi connectivity index (χ2n) is 4.70. The van der Waals surface area contributed by atoms with Crippen LogP contribution >= 0.6 is 0 Å². The van der Waals surface area contributed by atoms with Crippen LogP contribution in [0.25, 0.3) is 0 Å². The first-order valence-electron chi connectivity index (χ1n) is 6.06.